The van der Waals surface area contributed by atoms with E-state index >= 15 is 0 Å². The molecule has 2 N–H and O–H groups in total. The van der Waals surface area contributed by atoms with Gasteiger partial charge in [-0.25, -0.2) is 0 Å². The molecule has 0 amide bonds. The number of hydrogen-bond donors (Lipinski definition) is 2. The van der Waals surface area contributed by atoms with Gasteiger partial charge in [0.1, 0.15) is 0 Å². The second kappa shape index (κ2) is 5.22. The highest BCUT2D eigenvalue weighted by molar-refractivity contribution is 5.92. The lowest BCUT2D eigenvalue weighted by molar-refractivity contribution is -0.0819. The van der Waals surface area contributed by atoms with Crippen molar-refractivity contribution < 1.29 is 10.4 Å². The van der Waals surface area contributed by atoms with Gasteiger partial charge in [-0.3, -0.25) is 0 Å². The van der Waals surface area contributed by atoms with Crippen molar-refractivity contribution in [3.63, 3.8) is 0 Å². The average molecular weight is 318 g/mol. The van der Waals surface area contributed by atoms with Gasteiger partial charge in [0.05, 0.1) is 11.4 Å². The van der Waals surface area contributed by atoms with Gasteiger partial charge in [0, 0.05) is 5.41 Å². The van der Waals surface area contributed by atoms with Crippen molar-refractivity contribution in [1.29, 1.82) is 0 Å². The smallest absolute Gasteiger partial charge is 0.0632 e. The Hall–Kier alpha value is -1.06. The van der Waals surface area contributed by atoms with E-state index in [1.54, 1.807) is 0 Å². The molecular weight excluding hydrogens is 288 g/mol. The summed E-state index contributed by atoms with van der Waals surface area (Å²) in [5.41, 5.74) is 2.64. The van der Waals surface area contributed by atoms with Gasteiger partial charge in [0.15, 0.2) is 0 Å². The second-order valence-corrected chi connectivity index (χ2v) is 9.07. The molecule has 4 saturated carbocycles. The molecule has 0 unspecified atom stereocenters. The van der Waals surface area contributed by atoms with Crippen molar-refractivity contribution in [1.82, 2.24) is 0 Å². The number of nitrogens with zero attached hydrogens (tertiary/aromatic N) is 2. The number of hydrogen-bond acceptors (Lipinski definition) is 4. The van der Waals surface area contributed by atoms with Crippen molar-refractivity contribution in [2.24, 2.45) is 44.8 Å². The Morgan fingerprint density at radius 1 is 0.913 bits per heavy atom. The van der Waals surface area contributed by atoms with Crippen LogP contribution in [0, 0.1) is 34.5 Å². The lowest BCUT2D eigenvalue weighted by Gasteiger charge is -2.59. The van der Waals surface area contributed by atoms with Gasteiger partial charge in [-0.1, -0.05) is 24.2 Å². The first-order valence-corrected chi connectivity index (χ1v) is 9.44. The lowest BCUT2D eigenvalue weighted by Crippen LogP contribution is -2.53. The number of fused-ring (bicyclic) bond motifs is 5. The van der Waals surface area contributed by atoms with Crippen LogP contribution in [0.2, 0.25) is 0 Å². The van der Waals surface area contributed by atoms with Crippen LogP contribution in [-0.2, 0) is 0 Å². The fourth-order valence-corrected chi connectivity index (χ4v) is 7.10. The molecule has 0 radical (unpaired) electrons. The average Bonchev–Trinajstić information content (AvgIpc) is 2.90. The first kappa shape index (κ1) is 15.5. The maximum Gasteiger partial charge on any atom is 0.0632 e. The molecule has 0 bridgehead atoms. The van der Waals surface area contributed by atoms with Crippen LogP contribution in [0.5, 0.6) is 0 Å². The molecule has 4 rings (SSSR count). The summed E-state index contributed by atoms with van der Waals surface area (Å²) in [4.78, 5) is 0. The predicted octanol–water partition coefficient (Wildman–Crippen LogP) is 4.69. The second-order valence-electron chi connectivity index (χ2n) is 9.07. The zero-order valence-corrected chi connectivity index (χ0v) is 14.5. The fraction of sp³-hybridized carbons (Fsp3) is 0.895. The van der Waals surface area contributed by atoms with Crippen molar-refractivity contribution in [3.8, 4) is 0 Å². The van der Waals surface area contributed by atoms with Crippen LogP contribution in [0.4, 0.5) is 0 Å². The number of rotatable bonds is 0. The topological polar surface area (TPSA) is 65.2 Å². The number of oxime groups is 2. The van der Waals surface area contributed by atoms with E-state index in [9.17, 15) is 5.21 Å². The van der Waals surface area contributed by atoms with Crippen LogP contribution in [0.15, 0.2) is 10.3 Å². The van der Waals surface area contributed by atoms with Gasteiger partial charge >= 0.3 is 0 Å². The first-order valence-electron chi connectivity index (χ1n) is 9.44. The summed E-state index contributed by atoms with van der Waals surface area (Å²) in [7, 11) is 0. The van der Waals surface area contributed by atoms with Crippen LogP contribution in [0.1, 0.15) is 71.6 Å². The molecule has 6 atom stereocenters. The summed E-state index contributed by atoms with van der Waals surface area (Å²) >= 11 is 0. The van der Waals surface area contributed by atoms with E-state index in [1.165, 1.54) is 38.5 Å². The van der Waals surface area contributed by atoms with E-state index in [1.807, 2.05) is 0 Å². The van der Waals surface area contributed by atoms with E-state index in [4.69, 9.17) is 5.21 Å². The van der Waals surface area contributed by atoms with Crippen molar-refractivity contribution in [2.75, 3.05) is 0 Å². The molecule has 0 aromatic heterocycles. The van der Waals surface area contributed by atoms with E-state index in [0.29, 0.717) is 17.3 Å². The molecular formula is C19H30N2O2. The highest BCUT2D eigenvalue weighted by atomic mass is 16.4. The van der Waals surface area contributed by atoms with Crippen molar-refractivity contribution in [2.45, 2.75) is 71.6 Å². The fourth-order valence-electron chi connectivity index (χ4n) is 7.10. The molecule has 0 heterocycles. The summed E-state index contributed by atoms with van der Waals surface area (Å²) in [6, 6.07) is 0. The molecule has 0 saturated heterocycles. The quantitative estimate of drug-likeness (QED) is 0.502. The van der Waals surface area contributed by atoms with Gasteiger partial charge in [-0.05, 0) is 86.9 Å². The minimum atomic E-state index is 0.144. The third kappa shape index (κ3) is 2.02. The van der Waals surface area contributed by atoms with E-state index in [2.05, 4.69) is 24.2 Å². The minimum absolute atomic E-state index is 0.144. The maximum atomic E-state index is 9.41. The summed E-state index contributed by atoms with van der Waals surface area (Å²) in [6.07, 6.45) is 10.4. The van der Waals surface area contributed by atoms with Crippen molar-refractivity contribution in [3.05, 3.63) is 0 Å². The molecule has 0 spiro atoms. The van der Waals surface area contributed by atoms with E-state index in [0.717, 1.165) is 42.5 Å². The summed E-state index contributed by atoms with van der Waals surface area (Å²) < 4.78 is 0. The molecule has 0 aromatic rings. The maximum absolute atomic E-state index is 9.41. The molecule has 4 fully saturated rings. The Morgan fingerprint density at radius 2 is 1.74 bits per heavy atom. The zero-order valence-electron chi connectivity index (χ0n) is 14.5. The SMILES string of the molecule is C[C@]12CC/C(=N\O)C[C@@H]1CC[C@@H]1[C@@H]2CC[C@]2(C)/C(=N/O)CC[C@@H]12. The molecule has 4 nitrogen and oxygen atoms in total. The van der Waals surface area contributed by atoms with Gasteiger partial charge in [-0.2, -0.15) is 0 Å². The normalized spacial score (nSPS) is 53.0. The molecule has 128 valence electrons. The largest absolute Gasteiger partial charge is 0.411 e. The third-order valence-corrected chi connectivity index (χ3v) is 8.50. The predicted molar refractivity (Wildman–Crippen MR) is 90.2 cm³/mol. The summed E-state index contributed by atoms with van der Waals surface area (Å²) in [6.45, 7) is 4.86. The highest BCUT2D eigenvalue weighted by Crippen LogP contribution is 2.65. The zero-order chi connectivity index (χ0) is 16.2. The van der Waals surface area contributed by atoms with Crippen molar-refractivity contribution >= 4 is 11.4 Å². The van der Waals surface area contributed by atoms with Gasteiger partial charge in [0.25, 0.3) is 0 Å². The highest BCUT2D eigenvalue weighted by Gasteiger charge is 2.59. The standard InChI is InChI=1S/C19H30N2O2/c1-18-9-7-13(20-22)11-12(18)3-4-14-15-5-6-17(21-23)19(15,2)10-8-16(14)18/h12,14-16,22-23H,3-11H2,1-2H3/b20-13+,21-17+/t12-,14-,15-,16-,18-,19-/m0/s1. The van der Waals surface area contributed by atoms with Crippen LogP contribution < -0.4 is 0 Å². The Bertz CT molecular complexity index is 558. The lowest BCUT2D eigenvalue weighted by atomic mass is 9.45. The molecule has 4 heteroatoms. The molecule has 0 aliphatic heterocycles. The summed E-state index contributed by atoms with van der Waals surface area (Å²) in [5, 5.41) is 25.8. The third-order valence-electron chi connectivity index (χ3n) is 8.50. The molecule has 4 aliphatic rings. The minimum Gasteiger partial charge on any atom is -0.411 e. The van der Waals surface area contributed by atoms with E-state index in [-0.39, 0.29) is 5.41 Å². The van der Waals surface area contributed by atoms with Gasteiger partial charge < -0.3 is 10.4 Å². The van der Waals surface area contributed by atoms with Crippen LogP contribution in [0.25, 0.3) is 0 Å². The molecule has 0 aromatic carbocycles. The van der Waals surface area contributed by atoms with E-state index < -0.39 is 0 Å². The molecule has 4 aliphatic carbocycles. The first-order chi connectivity index (χ1) is 11.0. The summed E-state index contributed by atoms with van der Waals surface area (Å²) in [5.74, 6) is 3.00. The van der Waals surface area contributed by atoms with Crippen LogP contribution in [-0.4, -0.2) is 21.8 Å². The Kier molecular flexibility index (Phi) is 3.51. The van der Waals surface area contributed by atoms with Crippen LogP contribution >= 0.6 is 0 Å². The molecule has 23 heavy (non-hydrogen) atoms. The monoisotopic (exact) mass is 318 g/mol. The van der Waals surface area contributed by atoms with Gasteiger partial charge in [-0.15, -0.1) is 0 Å². The Morgan fingerprint density at radius 3 is 2.48 bits per heavy atom. The van der Waals surface area contributed by atoms with Crippen LogP contribution in [0.3, 0.4) is 0 Å². The Labute approximate surface area is 139 Å². The Balaban J connectivity index is 1.63. The van der Waals surface area contributed by atoms with Gasteiger partial charge in [0.2, 0.25) is 0 Å².